The quantitative estimate of drug-likeness (QED) is 0.462. The smallest absolute Gasteiger partial charge is 0.372 e. The Hall–Kier alpha value is -2.00. The molecule has 0 bridgehead atoms. The van der Waals surface area contributed by atoms with Crippen LogP contribution in [0, 0.1) is 10.1 Å². The second-order valence-corrected chi connectivity index (χ2v) is 3.84. The fraction of sp³-hybridized carbons (Fsp3) is 0.556. The molecule has 0 aliphatic carbocycles. The van der Waals surface area contributed by atoms with Gasteiger partial charge in [0.05, 0.1) is 30.8 Å². The van der Waals surface area contributed by atoms with Gasteiger partial charge in [-0.15, -0.1) is 0 Å². The van der Waals surface area contributed by atoms with E-state index in [4.69, 9.17) is 14.9 Å². The van der Waals surface area contributed by atoms with Crippen molar-refractivity contribution in [2.75, 3.05) is 25.6 Å². The van der Waals surface area contributed by atoms with E-state index in [1.807, 2.05) is 0 Å². The van der Waals surface area contributed by atoms with E-state index in [1.54, 1.807) is 0 Å². The maximum Gasteiger partial charge on any atom is 0.372 e. The van der Waals surface area contributed by atoms with Gasteiger partial charge in [-0.1, -0.05) is 0 Å². The number of anilines is 1. The molecule has 0 atom stereocenters. The van der Waals surface area contributed by atoms with Crippen LogP contribution < -0.4 is 10.1 Å². The van der Waals surface area contributed by atoms with Crippen LogP contribution in [0.1, 0.15) is 6.92 Å². The molecule has 18 heavy (non-hydrogen) atoms. The lowest BCUT2D eigenvalue weighted by Crippen LogP contribution is -2.43. The van der Waals surface area contributed by atoms with E-state index in [0.717, 1.165) is 6.33 Å². The maximum atomic E-state index is 10.9. The van der Waals surface area contributed by atoms with Crippen molar-refractivity contribution in [1.82, 2.24) is 9.97 Å². The number of ether oxygens (including phenoxy) is 1. The van der Waals surface area contributed by atoms with E-state index in [0.29, 0.717) is 0 Å². The highest BCUT2D eigenvalue weighted by atomic mass is 16.6. The first-order valence-corrected chi connectivity index (χ1v) is 5.00. The zero-order valence-electron chi connectivity index (χ0n) is 9.95. The summed E-state index contributed by atoms with van der Waals surface area (Å²) in [5.74, 6) is -0.326. The molecule has 3 N–H and O–H groups in total. The summed E-state index contributed by atoms with van der Waals surface area (Å²) in [4.78, 5) is 17.6. The highest BCUT2D eigenvalue weighted by Gasteiger charge is 2.30. The number of nitro groups is 1. The molecule has 0 aliphatic heterocycles. The predicted octanol–water partition coefficient (Wildman–Crippen LogP) is -0.451. The summed E-state index contributed by atoms with van der Waals surface area (Å²) in [6, 6.07) is 0. The lowest BCUT2D eigenvalue weighted by atomic mass is 10.1. The zero-order valence-corrected chi connectivity index (χ0v) is 9.95. The van der Waals surface area contributed by atoms with Crippen LogP contribution in [0.25, 0.3) is 0 Å². The van der Waals surface area contributed by atoms with Gasteiger partial charge < -0.3 is 20.3 Å². The number of methoxy groups -OCH3 is 1. The SMILES string of the molecule is COc1ncnc(NC(C)(CO)CO)c1[N+](=O)[O-]. The van der Waals surface area contributed by atoms with Crippen LogP contribution in [0.5, 0.6) is 5.88 Å². The van der Waals surface area contributed by atoms with Gasteiger partial charge in [0.15, 0.2) is 0 Å². The number of aliphatic hydroxyl groups excluding tert-OH is 2. The third-order valence-electron chi connectivity index (χ3n) is 2.28. The molecule has 0 spiro atoms. The van der Waals surface area contributed by atoms with Gasteiger partial charge in [-0.2, -0.15) is 4.98 Å². The summed E-state index contributed by atoms with van der Waals surface area (Å²) in [5.41, 5.74) is -1.59. The van der Waals surface area contributed by atoms with Crippen molar-refractivity contribution in [2.45, 2.75) is 12.5 Å². The molecule has 0 amide bonds. The van der Waals surface area contributed by atoms with E-state index >= 15 is 0 Å². The van der Waals surface area contributed by atoms with Crippen molar-refractivity contribution in [3.05, 3.63) is 16.4 Å². The molecular formula is C9H14N4O5. The van der Waals surface area contributed by atoms with Crippen LogP contribution >= 0.6 is 0 Å². The molecular weight excluding hydrogens is 244 g/mol. The highest BCUT2D eigenvalue weighted by molar-refractivity contribution is 5.62. The Morgan fingerprint density at radius 2 is 2.11 bits per heavy atom. The van der Waals surface area contributed by atoms with Crippen molar-refractivity contribution in [3.63, 3.8) is 0 Å². The van der Waals surface area contributed by atoms with E-state index in [2.05, 4.69) is 15.3 Å². The molecule has 9 heteroatoms. The lowest BCUT2D eigenvalue weighted by molar-refractivity contribution is -0.385. The summed E-state index contributed by atoms with van der Waals surface area (Å²) in [5, 5.41) is 31.8. The zero-order chi connectivity index (χ0) is 13.8. The summed E-state index contributed by atoms with van der Waals surface area (Å²) in [7, 11) is 1.25. The molecule has 1 aromatic heterocycles. The van der Waals surface area contributed by atoms with Gasteiger partial charge in [0.25, 0.3) is 5.88 Å². The molecule has 9 nitrogen and oxygen atoms in total. The van der Waals surface area contributed by atoms with Gasteiger partial charge in [-0.3, -0.25) is 10.1 Å². The number of nitrogens with zero attached hydrogens (tertiary/aromatic N) is 3. The first kappa shape index (κ1) is 14.1. The van der Waals surface area contributed by atoms with E-state index in [9.17, 15) is 10.1 Å². The number of hydrogen-bond donors (Lipinski definition) is 3. The molecule has 100 valence electrons. The largest absolute Gasteiger partial charge is 0.476 e. The Kier molecular flexibility index (Phi) is 4.34. The molecule has 0 radical (unpaired) electrons. The third kappa shape index (κ3) is 2.81. The molecule has 1 aromatic rings. The normalized spacial score (nSPS) is 11.1. The molecule has 0 fully saturated rings. The van der Waals surface area contributed by atoms with Gasteiger partial charge in [-0.25, -0.2) is 4.98 Å². The Labute approximate surface area is 103 Å². The monoisotopic (exact) mass is 258 g/mol. The summed E-state index contributed by atoms with van der Waals surface area (Å²) in [6.07, 6.45) is 1.09. The number of aliphatic hydroxyl groups is 2. The van der Waals surface area contributed by atoms with Crippen LogP contribution in [-0.4, -0.2) is 51.0 Å². The van der Waals surface area contributed by atoms with E-state index < -0.39 is 29.4 Å². The van der Waals surface area contributed by atoms with Crippen LogP contribution in [0.2, 0.25) is 0 Å². The van der Waals surface area contributed by atoms with Gasteiger partial charge in [0.1, 0.15) is 6.33 Å². The van der Waals surface area contributed by atoms with E-state index in [-0.39, 0.29) is 11.7 Å². The summed E-state index contributed by atoms with van der Waals surface area (Å²) in [6.45, 7) is 0.644. The summed E-state index contributed by atoms with van der Waals surface area (Å²) >= 11 is 0. The van der Waals surface area contributed by atoms with Crippen molar-refractivity contribution >= 4 is 11.5 Å². The van der Waals surface area contributed by atoms with Crippen molar-refractivity contribution in [3.8, 4) is 5.88 Å². The molecule has 0 aromatic carbocycles. The lowest BCUT2D eigenvalue weighted by Gasteiger charge is -2.26. The summed E-state index contributed by atoms with van der Waals surface area (Å²) < 4.78 is 4.77. The second kappa shape index (κ2) is 5.56. The average Bonchev–Trinajstić information content (AvgIpc) is 2.37. The van der Waals surface area contributed by atoms with Crippen LogP contribution in [-0.2, 0) is 0 Å². The molecule has 0 saturated carbocycles. The Bertz CT molecular complexity index is 435. The van der Waals surface area contributed by atoms with Gasteiger partial charge in [0, 0.05) is 0 Å². The van der Waals surface area contributed by atoms with Crippen molar-refractivity contribution in [2.24, 2.45) is 0 Å². The Balaban J connectivity index is 3.20. The van der Waals surface area contributed by atoms with Gasteiger partial charge in [0.2, 0.25) is 5.82 Å². The predicted molar refractivity (Wildman–Crippen MR) is 61.4 cm³/mol. The third-order valence-corrected chi connectivity index (χ3v) is 2.28. The average molecular weight is 258 g/mol. The van der Waals surface area contributed by atoms with Crippen LogP contribution in [0.4, 0.5) is 11.5 Å². The van der Waals surface area contributed by atoms with Gasteiger partial charge in [-0.05, 0) is 6.92 Å². The minimum absolute atomic E-state index is 0.127. The second-order valence-electron chi connectivity index (χ2n) is 3.84. The molecule has 0 saturated heterocycles. The Morgan fingerprint density at radius 3 is 2.56 bits per heavy atom. The molecule has 0 unspecified atom stereocenters. The van der Waals surface area contributed by atoms with Gasteiger partial charge >= 0.3 is 5.69 Å². The first-order chi connectivity index (χ1) is 8.47. The minimum Gasteiger partial charge on any atom is -0.476 e. The Morgan fingerprint density at radius 1 is 1.50 bits per heavy atom. The number of aromatic nitrogens is 2. The van der Waals surface area contributed by atoms with Crippen molar-refractivity contribution < 1.29 is 19.9 Å². The number of nitrogens with one attached hydrogen (secondary N) is 1. The first-order valence-electron chi connectivity index (χ1n) is 5.00. The fourth-order valence-electron chi connectivity index (χ4n) is 1.18. The standard InChI is InChI=1S/C9H14N4O5/c1-9(3-14,4-15)12-7-6(13(16)17)8(18-2)11-5-10-7/h5,14-15H,3-4H2,1-2H3,(H,10,11,12). The molecule has 1 rings (SSSR count). The number of rotatable bonds is 6. The molecule has 0 aliphatic rings. The van der Waals surface area contributed by atoms with E-state index in [1.165, 1.54) is 14.0 Å². The fourth-order valence-corrected chi connectivity index (χ4v) is 1.18. The topological polar surface area (TPSA) is 131 Å². The van der Waals surface area contributed by atoms with Crippen molar-refractivity contribution in [1.29, 1.82) is 0 Å². The van der Waals surface area contributed by atoms with Crippen LogP contribution in [0.3, 0.4) is 0 Å². The van der Waals surface area contributed by atoms with Crippen LogP contribution in [0.15, 0.2) is 6.33 Å². The number of hydrogen-bond acceptors (Lipinski definition) is 8. The maximum absolute atomic E-state index is 10.9. The highest BCUT2D eigenvalue weighted by Crippen LogP contribution is 2.31. The minimum atomic E-state index is -1.13. The molecule has 1 heterocycles.